The molecule has 0 aromatic heterocycles. The molecule has 0 amide bonds. The van der Waals surface area contributed by atoms with Crippen LogP contribution in [0.1, 0.15) is 226 Å². The second-order valence-corrected chi connectivity index (χ2v) is 13.2. The topological polar surface area (TPSA) is 26.3 Å². The molecule has 0 N–H and O–H groups in total. The number of rotatable bonds is 34. The van der Waals surface area contributed by atoms with Crippen molar-refractivity contribution in [3.63, 3.8) is 0 Å². The van der Waals surface area contributed by atoms with Crippen LogP contribution in [0.15, 0.2) is 0 Å². The molecule has 0 aromatic carbocycles. The second kappa shape index (κ2) is 34.7. The molecule has 0 bridgehead atoms. The number of hydrogen-bond acceptors (Lipinski definition) is 2. The zero-order chi connectivity index (χ0) is 29.2. The predicted octanol–water partition coefficient (Wildman–Crippen LogP) is 13.7. The molecule has 0 aromatic rings. The second-order valence-electron chi connectivity index (χ2n) is 13.2. The van der Waals surface area contributed by atoms with Gasteiger partial charge in [0.2, 0.25) is 0 Å². The Morgan fingerprint density at radius 3 is 1.15 bits per heavy atom. The van der Waals surface area contributed by atoms with Gasteiger partial charge in [0.15, 0.2) is 0 Å². The fourth-order valence-electron chi connectivity index (χ4n) is 5.82. The van der Waals surface area contributed by atoms with Crippen molar-refractivity contribution >= 4 is 5.97 Å². The van der Waals surface area contributed by atoms with E-state index in [0.717, 1.165) is 18.8 Å². The number of esters is 1. The molecule has 240 valence electrons. The molecule has 0 fully saturated rings. The van der Waals surface area contributed by atoms with Crippen molar-refractivity contribution in [1.82, 2.24) is 0 Å². The number of hydrogen-bond donors (Lipinski definition) is 0. The highest BCUT2D eigenvalue weighted by Gasteiger charge is 2.03. The van der Waals surface area contributed by atoms with Crippen LogP contribution in [0, 0.1) is 5.92 Å². The van der Waals surface area contributed by atoms with Crippen molar-refractivity contribution < 1.29 is 9.53 Å². The van der Waals surface area contributed by atoms with E-state index in [1.54, 1.807) is 0 Å². The lowest BCUT2D eigenvalue weighted by Crippen LogP contribution is -2.05. The third kappa shape index (κ3) is 33.7. The monoisotopic (exact) mass is 565 g/mol. The number of carbonyl (C=O) groups excluding carboxylic acids is 1. The first-order chi connectivity index (χ1) is 19.7. The molecular weight excluding hydrogens is 488 g/mol. The lowest BCUT2D eigenvalue weighted by molar-refractivity contribution is -0.143. The molecule has 0 spiro atoms. The summed E-state index contributed by atoms with van der Waals surface area (Å²) in [6.07, 6.45) is 43.1. The summed E-state index contributed by atoms with van der Waals surface area (Å²) in [7, 11) is 0. The molecule has 2 heteroatoms. The predicted molar refractivity (Wildman–Crippen MR) is 179 cm³/mol. The van der Waals surface area contributed by atoms with Crippen LogP contribution in [-0.4, -0.2) is 12.6 Å². The van der Waals surface area contributed by atoms with E-state index in [1.807, 2.05) is 0 Å². The minimum Gasteiger partial charge on any atom is -0.466 e. The van der Waals surface area contributed by atoms with Crippen molar-refractivity contribution in [2.24, 2.45) is 5.92 Å². The van der Waals surface area contributed by atoms with Crippen LogP contribution in [0.4, 0.5) is 0 Å². The summed E-state index contributed by atoms with van der Waals surface area (Å²) in [4.78, 5) is 11.9. The van der Waals surface area contributed by atoms with E-state index < -0.39 is 0 Å². The smallest absolute Gasteiger partial charge is 0.305 e. The van der Waals surface area contributed by atoms with E-state index in [0.29, 0.717) is 13.0 Å². The molecule has 0 radical (unpaired) electrons. The highest BCUT2D eigenvalue weighted by atomic mass is 16.5. The molecule has 0 heterocycles. The Kier molecular flexibility index (Phi) is 34.2. The van der Waals surface area contributed by atoms with E-state index in [-0.39, 0.29) is 5.97 Å². The van der Waals surface area contributed by atoms with Gasteiger partial charge in [-0.2, -0.15) is 0 Å². The molecular formula is C38H76O2. The van der Waals surface area contributed by atoms with E-state index in [1.165, 1.54) is 186 Å². The molecule has 0 rings (SSSR count). The van der Waals surface area contributed by atoms with Gasteiger partial charge in [-0.15, -0.1) is 0 Å². The maximum absolute atomic E-state index is 11.9. The lowest BCUT2D eigenvalue weighted by atomic mass is 9.99. The van der Waals surface area contributed by atoms with E-state index in [2.05, 4.69) is 20.8 Å². The Morgan fingerprint density at radius 2 is 0.775 bits per heavy atom. The molecule has 2 nitrogen and oxygen atoms in total. The first kappa shape index (κ1) is 39.5. The highest BCUT2D eigenvalue weighted by Crippen LogP contribution is 2.16. The van der Waals surface area contributed by atoms with Crippen molar-refractivity contribution in [2.45, 2.75) is 226 Å². The van der Waals surface area contributed by atoms with Gasteiger partial charge in [0.05, 0.1) is 6.61 Å². The fraction of sp³-hybridized carbons (Fsp3) is 0.974. The SMILES string of the molecule is CCCCCCCCCCCCCCCCCCCCCCCOC(=O)CCCCCCCCCCC(C)CC. The zero-order valence-electron chi connectivity index (χ0n) is 28.2. The molecule has 0 saturated carbocycles. The first-order valence-corrected chi connectivity index (χ1v) is 18.9. The summed E-state index contributed by atoms with van der Waals surface area (Å²) in [5.41, 5.74) is 0. The Hall–Kier alpha value is -0.530. The van der Waals surface area contributed by atoms with Crippen molar-refractivity contribution in [3.8, 4) is 0 Å². The molecule has 40 heavy (non-hydrogen) atoms. The normalized spacial score (nSPS) is 12.2. The fourth-order valence-corrected chi connectivity index (χ4v) is 5.82. The van der Waals surface area contributed by atoms with Gasteiger partial charge in [-0.05, 0) is 18.8 Å². The molecule has 1 atom stereocenters. The van der Waals surface area contributed by atoms with Gasteiger partial charge in [0.1, 0.15) is 0 Å². The largest absolute Gasteiger partial charge is 0.466 e. The van der Waals surface area contributed by atoms with Crippen LogP contribution in [0.3, 0.4) is 0 Å². The standard InChI is InChI=1S/C38H76O2/c1-4-6-7-8-9-10-11-12-13-14-15-16-17-18-19-20-21-24-27-30-33-36-40-38(39)35-32-29-26-23-22-25-28-31-34-37(3)5-2/h37H,4-36H2,1-3H3. The van der Waals surface area contributed by atoms with Gasteiger partial charge in [-0.1, -0.05) is 207 Å². The van der Waals surface area contributed by atoms with Gasteiger partial charge in [0, 0.05) is 6.42 Å². The van der Waals surface area contributed by atoms with E-state index in [4.69, 9.17) is 4.74 Å². The number of ether oxygens (including phenoxy) is 1. The van der Waals surface area contributed by atoms with Crippen molar-refractivity contribution in [2.75, 3.05) is 6.61 Å². The first-order valence-electron chi connectivity index (χ1n) is 18.9. The summed E-state index contributed by atoms with van der Waals surface area (Å²) in [6.45, 7) is 7.60. The third-order valence-electron chi connectivity index (χ3n) is 9.04. The van der Waals surface area contributed by atoms with Crippen LogP contribution in [0.25, 0.3) is 0 Å². The molecule has 0 aliphatic heterocycles. The molecule has 1 unspecified atom stereocenters. The Bertz CT molecular complexity index is 474. The summed E-state index contributed by atoms with van der Waals surface area (Å²) in [5, 5.41) is 0. The molecule has 0 saturated heterocycles. The van der Waals surface area contributed by atoms with Gasteiger partial charge in [-0.25, -0.2) is 0 Å². The summed E-state index contributed by atoms with van der Waals surface area (Å²) in [5.74, 6) is 0.927. The summed E-state index contributed by atoms with van der Waals surface area (Å²) >= 11 is 0. The summed E-state index contributed by atoms with van der Waals surface area (Å²) in [6, 6.07) is 0. The minimum atomic E-state index is 0.0261. The van der Waals surface area contributed by atoms with Crippen LogP contribution in [0.2, 0.25) is 0 Å². The lowest BCUT2D eigenvalue weighted by Gasteiger charge is -2.07. The molecule has 0 aliphatic rings. The average Bonchev–Trinajstić information content (AvgIpc) is 2.96. The Labute approximate surface area is 254 Å². The summed E-state index contributed by atoms with van der Waals surface area (Å²) < 4.78 is 5.44. The Balaban J connectivity index is 3.14. The van der Waals surface area contributed by atoms with Crippen LogP contribution in [0.5, 0.6) is 0 Å². The third-order valence-corrected chi connectivity index (χ3v) is 9.04. The minimum absolute atomic E-state index is 0.0261. The van der Waals surface area contributed by atoms with E-state index in [9.17, 15) is 4.79 Å². The average molecular weight is 565 g/mol. The van der Waals surface area contributed by atoms with E-state index >= 15 is 0 Å². The van der Waals surface area contributed by atoms with Crippen LogP contribution < -0.4 is 0 Å². The van der Waals surface area contributed by atoms with Gasteiger partial charge in [-0.3, -0.25) is 4.79 Å². The zero-order valence-corrected chi connectivity index (χ0v) is 28.2. The highest BCUT2D eigenvalue weighted by molar-refractivity contribution is 5.69. The van der Waals surface area contributed by atoms with Crippen molar-refractivity contribution in [3.05, 3.63) is 0 Å². The number of unbranched alkanes of at least 4 members (excludes halogenated alkanes) is 27. The van der Waals surface area contributed by atoms with Gasteiger partial charge in [0.25, 0.3) is 0 Å². The van der Waals surface area contributed by atoms with Crippen LogP contribution in [-0.2, 0) is 9.53 Å². The van der Waals surface area contributed by atoms with Gasteiger partial charge >= 0.3 is 5.97 Å². The number of carbonyl (C=O) groups is 1. The quantitative estimate of drug-likeness (QED) is 0.0574. The maximum Gasteiger partial charge on any atom is 0.305 e. The van der Waals surface area contributed by atoms with Crippen molar-refractivity contribution in [1.29, 1.82) is 0 Å². The maximum atomic E-state index is 11.9. The van der Waals surface area contributed by atoms with Crippen LogP contribution >= 0.6 is 0 Å². The molecule has 0 aliphatic carbocycles. The van der Waals surface area contributed by atoms with Gasteiger partial charge < -0.3 is 4.74 Å². The Morgan fingerprint density at radius 1 is 0.450 bits per heavy atom.